The van der Waals surface area contributed by atoms with Crippen LogP contribution in [0.2, 0.25) is 0 Å². The van der Waals surface area contributed by atoms with Gasteiger partial charge in [0.05, 0.1) is 19.0 Å². The highest BCUT2D eigenvalue weighted by Crippen LogP contribution is 2.20. The molecule has 0 aliphatic heterocycles. The number of hydrogen-bond donors (Lipinski definition) is 0. The van der Waals surface area contributed by atoms with Crippen LogP contribution in [0.3, 0.4) is 0 Å². The molecule has 0 N–H and O–H groups in total. The predicted molar refractivity (Wildman–Crippen MR) is 105 cm³/mol. The molecule has 0 atom stereocenters. The maximum Gasteiger partial charge on any atom is 0.213 e. The second-order valence-corrected chi connectivity index (χ2v) is 6.21. The fraction of sp³-hybridized carbons (Fsp3) is 0.0909. The summed E-state index contributed by atoms with van der Waals surface area (Å²) in [6.07, 6.45) is 5.50. The van der Waals surface area contributed by atoms with Gasteiger partial charge in [-0.1, -0.05) is 18.2 Å². The van der Waals surface area contributed by atoms with Gasteiger partial charge in [0.15, 0.2) is 0 Å². The van der Waals surface area contributed by atoms with Crippen LogP contribution < -0.4 is 4.74 Å². The zero-order valence-corrected chi connectivity index (χ0v) is 14.8. The van der Waals surface area contributed by atoms with E-state index in [1.54, 1.807) is 31.5 Å². The number of ether oxygens (including phenoxy) is 1. The summed E-state index contributed by atoms with van der Waals surface area (Å²) in [6, 6.07) is 18.5. The first kappa shape index (κ1) is 17.0. The Morgan fingerprint density at radius 2 is 2.04 bits per heavy atom. The number of nitrogens with zero attached hydrogens (tertiary/aromatic N) is 3. The molecule has 0 bridgehead atoms. The predicted octanol–water partition coefficient (Wildman–Crippen LogP) is 4.98. The summed E-state index contributed by atoms with van der Waals surface area (Å²) in [5, 5.41) is 1.11. The minimum atomic E-state index is -0.213. The van der Waals surface area contributed by atoms with E-state index in [1.807, 2.05) is 30.6 Å². The first-order valence-corrected chi connectivity index (χ1v) is 8.59. The molecule has 4 aromatic rings. The van der Waals surface area contributed by atoms with Crippen molar-refractivity contribution in [2.45, 2.75) is 6.54 Å². The van der Waals surface area contributed by atoms with Crippen LogP contribution in [-0.2, 0) is 6.54 Å². The number of halogens is 1. The fourth-order valence-corrected chi connectivity index (χ4v) is 2.99. The van der Waals surface area contributed by atoms with Crippen LogP contribution in [-0.4, -0.2) is 22.9 Å². The molecule has 134 valence electrons. The standard InChI is InChI=1S/C22H18FN3O/c1-27-22-8-6-20(14-25-22)24-13-16-5-7-21-18(11-16)9-10-26(21)15-17-3-2-4-19(23)12-17/h2-14H,15H2,1H3. The van der Waals surface area contributed by atoms with Gasteiger partial charge in [-0.15, -0.1) is 0 Å². The topological polar surface area (TPSA) is 39.4 Å². The van der Waals surface area contributed by atoms with E-state index < -0.39 is 0 Å². The number of rotatable bonds is 5. The van der Waals surface area contributed by atoms with Crippen molar-refractivity contribution in [2.24, 2.45) is 4.99 Å². The van der Waals surface area contributed by atoms with Crippen LogP contribution in [0.1, 0.15) is 11.1 Å². The molecule has 2 aromatic heterocycles. The van der Waals surface area contributed by atoms with E-state index in [0.29, 0.717) is 12.4 Å². The van der Waals surface area contributed by atoms with Crippen molar-refractivity contribution in [3.63, 3.8) is 0 Å². The minimum absolute atomic E-state index is 0.213. The summed E-state index contributed by atoms with van der Waals surface area (Å²) in [6.45, 7) is 0.631. The Morgan fingerprint density at radius 1 is 1.11 bits per heavy atom. The molecule has 0 fully saturated rings. The van der Waals surface area contributed by atoms with Gasteiger partial charge >= 0.3 is 0 Å². The first-order valence-electron chi connectivity index (χ1n) is 8.59. The molecule has 0 saturated heterocycles. The average molecular weight is 359 g/mol. The average Bonchev–Trinajstić information content (AvgIpc) is 3.09. The number of aliphatic imine (C=N–C) groups is 1. The number of aromatic nitrogens is 2. The highest BCUT2D eigenvalue weighted by molar-refractivity contribution is 5.90. The maximum absolute atomic E-state index is 13.4. The Balaban J connectivity index is 1.55. The van der Waals surface area contributed by atoms with Crippen molar-refractivity contribution < 1.29 is 9.13 Å². The van der Waals surface area contributed by atoms with Crippen molar-refractivity contribution in [3.05, 3.63) is 90.0 Å². The van der Waals surface area contributed by atoms with Crippen LogP contribution in [0.4, 0.5) is 10.1 Å². The molecule has 0 amide bonds. The molecule has 0 aliphatic carbocycles. The largest absolute Gasteiger partial charge is 0.481 e. The molecular weight excluding hydrogens is 341 g/mol. The van der Waals surface area contributed by atoms with Gasteiger partial charge in [-0.05, 0) is 47.5 Å². The normalized spacial score (nSPS) is 11.3. The number of fused-ring (bicyclic) bond motifs is 1. The fourth-order valence-electron chi connectivity index (χ4n) is 2.99. The zero-order valence-electron chi connectivity index (χ0n) is 14.8. The highest BCUT2D eigenvalue weighted by atomic mass is 19.1. The number of methoxy groups -OCH3 is 1. The van der Waals surface area contributed by atoms with E-state index in [9.17, 15) is 4.39 Å². The highest BCUT2D eigenvalue weighted by Gasteiger charge is 2.03. The lowest BCUT2D eigenvalue weighted by Gasteiger charge is -2.06. The number of hydrogen-bond acceptors (Lipinski definition) is 3. The van der Waals surface area contributed by atoms with Crippen LogP contribution in [0.5, 0.6) is 5.88 Å². The molecule has 5 heteroatoms. The third-order valence-corrected chi connectivity index (χ3v) is 4.33. The molecule has 4 rings (SSSR count). The summed E-state index contributed by atoms with van der Waals surface area (Å²) in [5.41, 5.74) is 3.80. The van der Waals surface area contributed by atoms with Crippen molar-refractivity contribution in [3.8, 4) is 5.88 Å². The molecule has 27 heavy (non-hydrogen) atoms. The van der Waals surface area contributed by atoms with Crippen molar-refractivity contribution in [1.82, 2.24) is 9.55 Å². The van der Waals surface area contributed by atoms with Gasteiger partial charge in [-0.25, -0.2) is 9.37 Å². The van der Waals surface area contributed by atoms with Gasteiger partial charge in [0.25, 0.3) is 0 Å². The Kier molecular flexibility index (Phi) is 4.66. The number of pyridine rings is 1. The lowest BCUT2D eigenvalue weighted by molar-refractivity contribution is 0.398. The van der Waals surface area contributed by atoms with E-state index >= 15 is 0 Å². The summed E-state index contributed by atoms with van der Waals surface area (Å²) in [5.74, 6) is 0.352. The van der Waals surface area contributed by atoms with Crippen molar-refractivity contribution in [1.29, 1.82) is 0 Å². The quantitative estimate of drug-likeness (QED) is 0.471. The van der Waals surface area contributed by atoms with Crippen LogP contribution in [0, 0.1) is 5.82 Å². The molecule has 0 spiro atoms. The smallest absolute Gasteiger partial charge is 0.213 e. The Bertz CT molecular complexity index is 1100. The lowest BCUT2D eigenvalue weighted by Crippen LogP contribution is -1.98. The van der Waals surface area contributed by atoms with Gasteiger partial charge in [-0.3, -0.25) is 4.99 Å². The lowest BCUT2D eigenvalue weighted by atomic mass is 10.1. The van der Waals surface area contributed by atoms with Crippen LogP contribution in [0.15, 0.2) is 78.0 Å². The maximum atomic E-state index is 13.4. The molecule has 0 radical (unpaired) electrons. The second-order valence-electron chi connectivity index (χ2n) is 6.21. The monoisotopic (exact) mass is 359 g/mol. The molecule has 0 aliphatic rings. The minimum Gasteiger partial charge on any atom is -0.481 e. The van der Waals surface area contributed by atoms with E-state index in [0.717, 1.165) is 27.7 Å². The molecule has 0 saturated carbocycles. The van der Waals surface area contributed by atoms with Crippen molar-refractivity contribution >= 4 is 22.8 Å². The van der Waals surface area contributed by atoms with Gasteiger partial charge in [-0.2, -0.15) is 0 Å². The molecule has 2 aromatic carbocycles. The zero-order chi connectivity index (χ0) is 18.6. The SMILES string of the molecule is COc1ccc(N=Cc2ccc3c(ccn3Cc3cccc(F)c3)c2)cn1. The molecule has 4 nitrogen and oxygen atoms in total. The van der Waals surface area contributed by atoms with E-state index in [-0.39, 0.29) is 5.82 Å². The number of benzene rings is 2. The Morgan fingerprint density at radius 3 is 2.81 bits per heavy atom. The third-order valence-electron chi connectivity index (χ3n) is 4.33. The summed E-state index contributed by atoms with van der Waals surface area (Å²) >= 11 is 0. The molecule has 2 heterocycles. The summed E-state index contributed by atoms with van der Waals surface area (Å²) < 4.78 is 20.5. The Labute approximate surface area is 156 Å². The molecule has 0 unspecified atom stereocenters. The van der Waals surface area contributed by atoms with Gasteiger partial charge in [0, 0.05) is 35.9 Å². The van der Waals surface area contributed by atoms with Gasteiger partial charge in [0.1, 0.15) is 5.82 Å². The summed E-state index contributed by atoms with van der Waals surface area (Å²) in [4.78, 5) is 8.59. The second kappa shape index (κ2) is 7.41. The van der Waals surface area contributed by atoms with Gasteiger partial charge < -0.3 is 9.30 Å². The van der Waals surface area contributed by atoms with Crippen LogP contribution in [0.25, 0.3) is 10.9 Å². The van der Waals surface area contributed by atoms with E-state index in [4.69, 9.17) is 4.74 Å². The van der Waals surface area contributed by atoms with Crippen molar-refractivity contribution in [2.75, 3.05) is 7.11 Å². The van der Waals surface area contributed by atoms with Gasteiger partial charge in [0.2, 0.25) is 5.88 Å². The van der Waals surface area contributed by atoms with E-state index in [2.05, 4.69) is 32.7 Å². The summed E-state index contributed by atoms with van der Waals surface area (Å²) in [7, 11) is 1.58. The first-order chi connectivity index (χ1) is 13.2. The third kappa shape index (κ3) is 3.87. The van der Waals surface area contributed by atoms with E-state index in [1.165, 1.54) is 6.07 Å². The Hall–Kier alpha value is -3.47. The molecular formula is C22H18FN3O. The van der Waals surface area contributed by atoms with Crippen LogP contribution >= 0.6 is 0 Å².